The average Bonchev–Trinajstić information content (AvgIpc) is 2.30. The Bertz CT molecular complexity index is 285. The molecule has 7 heteroatoms. The lowest BCUT2D eigenvalue weighted by atomic mass is 10.3. The third kappa shape index (κ3) is 8.83. The van der Waals surface area contributed by atoms with Crippen molar-refractivity contribution >= 4 is 13.8 Å². The van der Waals surface area contributed by atoms with Crippen molar-refractivity contribution in [2.24, 2.45) is 0 Å². The summed E-state index contributed by atoms with van der Waals surface area (Å²) >= 11 is 0. The molecule has 17 heavy (non-hydrogen) atoms. The molecular weight excluding hydrogens is 247 g/mol. The Labute approximate surface area is 100 Å². The molecule has 0 spiro atoms. The van der Waals surface area contributed by atoms with Gasteiger partial charge in [0.2, 0.25) is 0 Å². The van der Waals surface area contributed by atoms with Crippen molar-refractivity contribution in [3.05, 3.63) is 25.3 Å². The lowest BCUT2D eigenvalue weighted by Crippen LogP contribution is -2.04. The number of phosphoric ester groups is 1. The molecule has 1 N–H and O–H groups in total. The van der Waals surface area contributed by atoms with Crippen LogP contribution in [0, 0.1) is 0 Å². The molecule has 0 aromatic heterocycles. The Morgan fingerprint density at radius 3 is 2.12 bits per heavy atom. The van der Waals surface area contributed by atoms with Crippen molar-refractivity contribution in [2.75, 3.05) is 19.8 Å². The summed E-state index contributed by atoms with van der Waals surface area (Å²) in [4.78, 5) is 10.3. The first-order chi connectivity index (χ1) is 8.04. The predicted octanol–water partition coefficient (Wildman–Crippen LogP) is 2.38. The molecule has 0 aromatic rings. The van der Waals surface area contributed by atoms with E-state index in [1.54, 1.807) is 0 Å². The van der Waals surface area contributed by atoms with Gasteiger partial charge in [0, 0.05) is 6.42 Å². The van der Waals surface area contributed by atoms with Crippen LogP contribution in [0.3, 0.4) is 0 Å². The number of carboxylic acid groups (broad SMARTS) is 1. The van der Waals surface area contributed by atoms with Crippen LogP contribution >= 0.6 is 7.82 Å². The van der Waals surface area contributed by atoms with Gasteiger partial charge >= 0.3 is 13.8 Å². The van der Waals surface area contributed by atoms with Gasteiger partial charge in [0.25, 0.3) is 0 Å². The Morgan fingerprint density at radius 1 is 1.18 bits per heavy atom. The normalized spacial score (nSPS) is 11.1. The van der Waals surface area contributed by atoms with Crippen LogP contribution in [0.25, 0.3) is 0 Å². The highest BCUT2D eigenvalue weighted by atomic mass is 31.2. The molecule has 0 aliphatic heterocycles. The van der Waals surface area contributed by atoms with Crippen molar-refractivity contribution in [3.8, 4) is 0 Å². The molecule has 0 unspecified atom stereocenters. The van der Waals surface area contributed by atoms with Crippen molar-refractivity contribution < 1.29 is 28.0 Å². The van der Waals surface area contributed by atoms with E-state index >= 15 is 0 Å². The molecule has 0 bridgehead atoms. The van der Waals surface area contributed by atoms with Crippen molar-refractivity contribution in [3.63, 3.8) is 0 Å². The minimum atomic E-state index is -3.65. The third-order valence-electron chi connectivity index (χ3n) is 1.49. The van der Waals surface area contributed by atoms with E-state index in [9.17, 15) is 9.36 Å². The minimum Gasteiger partial charge on any atom is -0.481 e. The standard InChI is InChI=1S/C10H17O6P/c1-3-7-14-17(13,15-8-4-2)16-9-5-6-10(11)12/h3-4H,1-2,5-9H2,(H,11,12). The zero-order valence-electron chi connectivity index (χ0n) is 9.54. The summed E-state index contributed by atoms with van der Waals surface area (Å²) in [6.07, 6.45) is 2.98. The first-order valence-electron chi connectivity index (χ1n) is 5.01. The summed E-state index contributed by atoms with van der Waals surface area (Å²) in [5, 5.41) is 8.41. The van der Waals surface area contributed by atoms with Crippen LogP contribution in [-0.4, -0.2) is 30.9 Å². The number of hydrogen-bond donors (Lipinski definition) is 1. The Balaban J connectivity index is 4.07. The van der Waals surface area contributed by atoms with Gasteiger partial charge in [0.05, 0.1) is 19.8 Å². The molecule has 6 nitrogen and oxygen atoms in total. The second kappa shape index (κ2) is 9.13. The molecule has 0 heterocycles. The number of hydrogen-bond acceptors (Lipinski definition) is 5. The number of rotatable bonds is 11. The largest absolute Gasteiger partial charge is 0.481 e. The van der Waals surface area contributed by atoms with E-state index < -0.39 is 13.8 Å². The minimum absolute atomic E-state index is 0.0160. The third-order valence-corrected chi connectivity index (χ3v) is 2.91. The fourth-order valence-corrected chi connectivity index (χ4v) is 1.95. The lowest BCUT2D eigenvalue weighted by Gasteiger charge is -2.16. The molecule has 0 amide bonds. The first kappa shape index (κ1) is 16.1. The summed E-state index contributed by atoms with van der Waals surface area (Å²) in [6.45, 7) is 6.84. The van der Waals surface area contributed by atoms with E-state index in [0.29, 0.717) is 0 Å². The molecule has 0 rings (SSSR count). The van der Waals surface area contributed by atoms with Crippen LogP contribution in [0.2, 0.25) is 0 Å². The van der Waals surface area contributed by atoms with Crippen LogP contribution in [0.4, 0.5) is 0 Å². The average molecular weight is 264 g/mol. The van der Waals surface area contributed by atoms with E-state index in [-0.39, 0.29) is 32.7 Å². The van der Waals surface area contributed by atoms with Crippen LogP contribution < -0.4 is 0 Å². The topological polar surface area (TPSA) is 82.1 Å². The first-order valence-corrected chi connectivity index (χ1v) is 6.47. The van der Waals surface area contributed by atoms with Gasteiger partial charge in [-0.1, -0.05) is 12.2 Å². The zero-order valence-corrected chi connectivity index (χ0v) is 10.4. The summed E-state index contributed by atoms with van der Waals surface area (Å²) in [5.41, 5.74) is 0. The van der Waals surface area contributed by atoms with E-state index in [4.69, 9.17) is 18.7 Å². The quantitative estimate of drug-likeness (QED) is 0.350. The van der Waals surface area contributed by atoms with E-state index in [1.807, 2.05) is 0 Å². The maximum absolute atomic E-state index is 11.9. The summed E-state index contributed by atoms with van der Waals surface area (Å²) in [7, 11) is -3.65. The van der Waals surface area contributed by atoms with Crippen molar-refractivity contribution in [1.29, 1.82) is 0 Å². The fraction of sp³-hybridized carbons (Fsp3) is 0.500. The number of carbonyl (C=O) groups is 1. The van der Waals surface area contributed by atoms with Crippen LogP contribution in [0.5, 0.6) is 0 Å². The van der Waals surface area contributed by atoms with E-state index in [2.05, 4.69) is 13.2 Å². The fourth-order valence-electron chi connectivity index (χ4n) is 0.800. The van der Waals surface area contributed by atoms with Crippen molar-refractivity contribution in [2.45, 2.75) is 12.8 Å². The molecule has 0 aromatic carbocycles. The van der Waals surface area contributed by atoms with Gasteiger partial charge in [-0.3, -0.25) is 18.4 Å². The van der Waals surface area contributed by atoms with Gasteiger partial charge < -0.3 is 5.11 Å². The van der Waals surface area contributed by atoms with Gasteiger partial charge in [-0.05, 0) is 6.42 Å². The lowest BCUT2D eigenvalue weighted by molar-refractivity contribution is -0.137. The van der Waals surface area contributed by atoms with Gasteiger partial charge in [0.15, 0.2) is 0 Å². The highest BCUT2D eigenvalue weighted by Gasteiger charge is 2.25. The second-order valence-electron chi connectivity index (χ2n) is 2.95. The monoisotopic (exact) mass is 264 g/mol. The second-order valence-corrected chi connectivity index (χ2v) is 4.62. The molecule has 0 fully saturated rings. The van der Waals surface area contributed by atoms with E-state index in [0.717, 1.165) is 0 Å². The highest BCUT2D eigenvalue weighted by molar-refractivity contribution is 7.48. The Hall–Kier alpha value is -0.940. The predicted molar refractivity (Wildman–Crippen MR) is 62.7 cm³/mol. The van der Waals surface area contributed by atoms with Gasteiger partial charge in [0.1, 0.15) is 0 Å². The molecule has 0 aliphatic rings. The highest BCUT2D eigenvalue weighted by Crippen LogP contribution is 2.49. The van der Waals surface area contributed by atoms with E-state index in [1.165, 1.54) is 12.2 Å². The smallest absolute Gasteiger partial charge is 0.475 e. The molecule has 0 radical (unpaired) electrons. The molecule has 98 valence electrons. The van der Waals surface area contributed by atoms with Gasteiger partial charge in [-0.25, -0.2) is 4.57 Å². The molecule has 0 aliphatic carbocycles. The Kier molecular flexibility index (Phi) is 8.62. The van der Waals surface area contributed by atoms with Crippen molar-refractivity contribution in [1.82, 2.24) is 0 Å². The van der Waals surface area contributed by atoms with Crippen LogP contribution in [0.15, 0.2) is 25.3 Å². The summed E-state index contributed by atoms with van der Waals surface area (Å²) < 4.78 is 26.6. The molecular formula is C10H17O6P. The molecule has 0 saturated carbocycles. The number of carboxylic acids is 1. The summed E-state index contributed by atoms with van der Waals surface area (Å²) in [5.74, 6) is -0.942. The Morgan fingerprint density at radius 2 is 1.71 bits per heavy atom. The number of aliphatic carboxylic acids is 1. The number of phosphoric acid groups is 1. The SMILES string of the molecule is C=CCOP(=O)(OCC=C)OCCCC(=O)O. The summed E-state index contributed by atoms with van der Waals surface area (Å²) in [6, 6.07) is 0. The van der Waals surface area contributed by atoms with Crippen LogP contribution in [-0.2, 0) is 22.9 Å². The zero-order chi connectivity index (χ0) is 13.1. The molecule has 0 atom stereocenters. The maximum Gasteiger partial charge on any atom is 0.475 e. The van der Waals surface area contributed by atoms with Crippen LogP contribution in [0.1, 0.15) is 12.8 Å². The van der Waals surface area contributed by atoms with Gasteiger partial charge in [-0.2, -0.15) is 0 Å². The maximum atomic E-state index is 11.9. The van der Waals surface area contributed by atoms with Gasteiger partial charge in [-0.15, -0.1) is 13.2 Å². The molecule has 0 saturated heterocycles.